The van der Waals surface area contributed by atoms with Gasteiger partial charge in [0.25, 0.3) is 5.91 Å². The standard InChI is InChI=1S/C25H20ClF3N2O7S/c26-17-5-9-18(10-6-17)30-22(32)15-1-11-20(12-2-15)39(36,37)21(23(33)34)13-14-38-24(35)31-19-7-3-16(4-8-19)25(27,28)29/h1-12,21H,13-14H2,(H,30,32)(H,31,35)(H,33,34). The maximum atomic E-state index is 12.9. The van der Waals surface area contributed by atoms with Gasteiger partial charge in [0.05, 0.1) is 17.1 Å². The molecule has 0 fully saturated rings. The Kier molecular flexibility index (Phi) is 9.20. The van der Waals surface area contributed by atoms with Crippen molar-refractivity contribution in [1.29, 1.82) is 0 Å². The zero-order chi connectivity index (χ0) is 28.8. The van der Waals surface area contributed by atoms with Crippen LogP contribution in [0.25, 0.3) is 0 Å². The Morgan fingerprint density at radius 3 is 1.95 bits per heavy atom. The summed E-state index contributed by atoms with van der Waals surface area (Å²) in [5.74, 6) is -2.23. The molecule has 3 N–H and O–H groups in total. The molecule has 0 saturated heterocycles. The number of benzene rings is 3. The minimum atomic E-state index is -4.56. The molecule has 2 amide bonds. The number of aliphatic carboxylic acids is 1. The summed E-state index contributed by atoms with van der Waals surface area (Å²) in [6.45, 7) is -0.621. The number of carbonyl (C=O) groups excluding carboxylic acids is 2. The van der Waals surface area contributed by atoms with Crippen molar-refractivity contribution in [3.63, 3.8) is 0 Å². The van der Waals surface area contributed by atoms with Gasteiger partial charge in [-0.25, -0.2) is 13.2 Å². The molecular formula is C25H20ClF3N2O7S. The second kappa shape index (κ2) is 12.2. The fraction of sp³-hybridized carbons (Fsp3) is 0.160. The van der Waals surface area contributed by atoms with Gasteiger partial charge in [-0.15, -0.1) is 0 Å². The molecule has 0 aliphatic carbocycles. The normalized spacial score (nSPS) is 12.3. The number of ether oxygens (including phenoxy) is 1. The third-order valence-electron chi connectivity index (χ3n) is 5.27. The molecule has 1 atom stereocenters. The third kappa shape index (κ3) is 7.94. The molecule has 1 unspecified atom stereocenters. The van der Waals surface area contributed by atoms with Gasteiger partial charge in [-0.3, -0.25) is 14.9 Å². The molecule has 0 bridgehead atoms. The Labute approximate surface area is 225 Å². The number of carbonyl (C=O) groups is 3. The topological polar surface area (TPSA) is 139 Å². The number of alkyl halides is 3. The van der Waals surface area contributed by atoms with Crippen molar-refractivity contribution >= 4 is 50.8 Å². The number of hydrogen-bond acceptors (Lipinski definition) is 6. The maximum absolute atomic E-state index is 12.9. The number of rotatable bonds is 9. The van der Waals surface area contributed by atoms with E-state index in [1.807, 2.05) is 0 Å². The van der Waals surface area contributed by atoms with E-state index in [2.05, 4.69) is 10.6 Å². The van der Waals surface area contributed by atoms with Crippen LogP contribution >= 0.6 is 11.6 Å². The Bertz CT molecular complexity index is 1440. The summed E-state index contributed by atoms with van der Waals surface area (Å²) in [4.78, 5) is 35.7. The third-order valence-corrected chi connectivity index (χ3v) is 7.64. The number of carboxylic acid groups (broad SMARTS) is 1. The fourth-order valence-corrected chi connectivity index (χ4v) is 4.91. The van der Waals surface area contributed by atoms with Gasteiger partial charge in [-0.1, -0.05) is 11.6 Å². The molecule has 39 heavy (non-hydrogen) atoms. The van der Waals surface area contributed by atoms with Gasteiger partial charge < -0.3 is 15.2 Å². The minimum Gasteiger partial charge on any atom is -0.480 e. The molecule has 0 spiro atoms. The highest BCUT2D eigenvalue weighted by molar-refractivity contribution is 7.92. The van der Waals surface area contributed by atoms with E-state index in [1.54, 1.807) is 24.3 Å². The summed E-state index contributed by atoms with van der Waals surface area (Å²) in [6, 6.07) is 14.4. The number of anilines is 2. The molecule has 0 heterocycles. The summed E-state index contributed by atoms with van der Waals surface area (Å²) < 4.78 is 68.5. The lowest BCUT2D eigenvalue weighted by atomic mass is 10.2. The molecule has 3 aromatic rings. The van der Waals surface area contributed by atoms with Gasteiger partial charge in [0.15, 0.2) is 15.1 Å². The van der Waals surface area contributed by atoms with Crippen LogP contribution in [0, 0.1) is 0 Å². The summed E-state index contributed by atoms with van der Waals surface area (Å²) >= 11 is 5.80. The van der Waals surface area contributed by atoms with E-state index in [9.17, 15) is 41.1 Å². The van der Waals surface area contributed by atoms with Crippen LogP contribution in [0.15, 0.2) is 77.7 Å². The molecular weight excluding hydrogens is 565 g/mol. The van der Waals surface area contributed by atoms with Gasteiger partial charge in [0.1, 0.15) is 0 Å². The predicted octanol–water partition coefficient (Wildman–Crippen LogP) is 5.48. The molecule has 14 heteroatoms. The highest BCUT2D eigenvalue weighted by Crippen LogP contribution is 2.30. The zero-order valence-electron chi connectivity index (χ0n) is 19.7. The van der Waals surface area contributed by atoms with Crippen molar-refractivity contribution < 1.29 is 45.8 Å². The van der Waals surface area contributed by atoms with E-state index in [-0.39, 0.29) is 16.1 Å². The van der Waals surface area contributed by atoms with Crippen LogP contribution in [0.5, 0.6) is 0 Å². The molecule has 0 radical (unpaired) electrons. The van der Waals surface area contributed by atoms with Crippen molar-refractivity contribution in [3.8, 4) is 0 Å². The van der Waals surface area contributed by atoms with Gasteiger partial charge in [-0.05, 0) is 72.8 Å². The lowest BCUT2D eigenvalue weighted by Gasteiger charge is -2.15. The average Bonchev–Trinajstić information content (AvgIpc) is 2.87. The second-order valence-electron chi connectivity index (χ2n) is 7.98. The molecule has 3 rings (SSSR count). The van der Waals surface area contributed by atoms with Crippen LogP contribution in [0.4, 0.5) is 29.3 Å². The zero-order valence-corrected chi connectivity index (χ0v) is 21.3. The number of halogens is 4. The SMILES string of the molecule is O=C(Nc1ccc(C(F)(F)F)cc1)OCCC(C(=O)O)S(=O)(=O)c1ccc(C(=O)Nc2ccc(Cl)cc2)cc1. The molecule has 9 nitrogen and oxygen atoms in total. The lowest BCUT2D eigenvalue weighted by Crippen LogP contribution is -2.32. The number of nitrogens with one attached hydrogen (secondary N) is 2. The smallest absolute Gasteiger partial charge is 0.416 e. The van der Waals surface area contributed by atoms with E-state index >= 15 is 0 Å². The number of carboxylic acids is 1. The molecule has 0 aromatic heterocycles. The van der Waals surface area contributed by atoms with Crippen molar-refractivity contribution in [1.82, 2.24) is 0 Å². The van der Waals surface area contributed by atoms with Crippen LogP contribution in [0.3, 0.4) is 0 Å². The predicted molar refractivity (Wildman–Crippen MR) is 135 cm³/mol. The van der Waals surface area contributed by atoms with Crippen molar-refractivity contribution in [2.24, 2.45) is 0 Å². The lowest BCUT2D eigenvalue weighted by molar-refractivity contribution is -0.138. The van der Waals surface area contributed by atoms with Gasteiger partial charge >= 0.3 is 18.2 Å². The fourth-order valence-electron chi connectivity index (χ4n) is 3.26. The highest BCUT2D eigenvalue weighted by atomic mass is 35.5. The van der Waals surface area contributed by atoms with Crippen molar-refractivity contribution in [2.75, 3.05) is 17.2 Å². The Morgan fingerprint density at radius 2 is 1.41 bits per heavy atom. The first kappa shape index (κ1) is 29.5. The van der Waals surface area contributed by atoms with Crippen LogP contribution in [-0.4, -0.2) is 43.4 Å². The highest BCUT2D eigenvalue weighted by Gasteiger charge is 2.34. The van der Waals surface area contributed by atoms with Crippen LogP contribution in [0.1, 0.15) is 22.3 Å². The van der Waals surface area contributed by atoms with E-state index in [4.69, 9.17) is 16.3 Å². The Balaban J connectivity index is 1.59. The molecule has 206 valence electrons. The number of sulfone groups is 1. The molecule has 0 aliphatic heterocycles. The summed E-state index contributed by atoms with van der Waals surface area (Å²) in [5.41, 5.74) is -0.379. The largest absolute Gasteiger partial charge is 0.480 e. The number of hydrogen-bond donors (Lipinski definition) is 3. The quantitative estimate of drug-likeness (QED) is 0.303. The van der Waals surface area contributed by atoms with E-state index in [0.29, 0.717) is 10.7 Å². The number of amides is 2. The first-order valence-electron chi connectivity index (χ1n) is 11.0. The second-order valence-corrected chi connectivity index (χ2v) is 10.5. The van der Waals surface area contributed by atoms with E-state index < -0.39 is 57.8 Å². The van der Waals surface area contributed by atoms with E-state index in [1.165, 1.54) is 12.1 Å². The van der Waals surface area contributed by atoms with E-state index in [0.717, 1.165) is 36.4 Å². The molecule has 3 aromatic carbocycles. The molecule has 0 saturated carbocycles. The monoisotopic (exact) mass is 584 g/mol. The van der Waals surface area contributed by atoms with Crippen LogP contribution in [0.2, 0.25) is 5.02 Å². The van der Waals surface area contributed by atoms with Gasteiger partial charge in [-0.2, -0.15) is 13.2 Å². The van der Waals surface area contributed by atoms with Gasteiger partial charge in [0, 0.05) is 28.4 Å². The van der Waals surface area contributed by atoms with Crippen LogP contribution in [-0.2, 0) is 25.5 Å². The summed E-state index contributed by atoms with van der Waals surface area (Å²) in [5, 5.41) is 12.7. The molecule has 0 aliphatic rings. The van der Waals surface area contributed by atoms with Crippen molar-refractivity contribution in [3.05, 3.63) is 88.9 Å². The first-order valence-corrected chi connectivity index (χ1v) is 12.9. The Morgan fingerprint density at radius 1 is 0.872 bits per heavy atom. The van der Waals surface area contributed by atoms with Crippen molar-refractivity contribution in [2.45, 2.75) is 22.7 Å². The minimum absolute atomic E-state index is 0.0180. The maximum Gasteiger partial charge on any atom is 0.416 e. The summed E-state index contributed by atoms with van der Waals surface area (Å²) in [6.07, 6.45) is -6.29. The van der Waals surface area contributed by atoms with Gasteiger partial charge in [0.2, 0.25) is 0 Å². The first-order chi connectivity index (χ1) is 18.3. The average molecular weight is 585 g/mol. The summed E-state index contributed by atoms with van der Waals surface area (Å²) in [7, 11) is -4.45. The Hall–Kier alpha value is -4.10. The van der Waals surface area contributed by atoms with Crippen LogP contribution < -0.4 is 10.6 Å².